The first-order valence-corrected chi connectivity index (χ1v) is 12.3. The van der Waals surface area contributed by atoms with Gasteiger partial charge in [0.05, 0.1) is 5.92 Å². The molecule has 0 saturated carbocycles. The van der Waals surface area contributed by atoms with Gasteiger partial charge in [-0.05, 0) is 68.0 Å². The van der Waals surface area contributed by atoms with Gasteiger partial charge < -0.3 is 9.67 Å². The van der Waals surface area contributed by atoms with Crippen molar-refractivity contribution in [1.82, 2.24) is 4.57 Å². The van der Waals surface area contributed by atoms with Crippen molar-refractivity contribution in [1.29, 1.82) is 0 Å². The van der Waals surface area contributed by atoms with E-state index < -0.39 is 11.9 Å². The number of aliphatic carboxylic acids is 1. The highest BCUT2D eigenvalue weighted by molar-refractivity contribution is 6.31. The van der Waals surface area contributed by atoms with Gasteiger partial charge in [-0.25, -0.2) is 0 Å². The van der Waals surface area contributed by atoms with Crippen molar-refractivity contribution < 1.29 is 14.7 Å². The van der Waals surface area contributed by atoms with Crippen LogP contribution in [0.4, 0.5) is 0 Å². The summed E-state index contributed by atoms with van der Waals surface area (Å²) in [6.45, 7) is 1.64. The first-order chi connectivity index (χ1) is 15.8. The van der Waals surface area contributed by atoms with E-state index in [4.69, 9.17) is 28.3 Å². The van der Waals surface area contributed by atoms with Gasteiger partial charge in [0.25, 0.3) is 0 Å². The first-order valence-electron chi connectivity index (χ1n) is 11.5. The minimum atomic E-state index is -0.873. The predicted molar refractivity (Wildman–Crippen MR) is 136 cm³/mol. The van der Waals surface area contributed by atoms with Gasteiger partial charge in [-0.15, -0.1) is 0 Å². The van der Waals surface area contributed by atoms with Crippen LogP contribution in [0.5, 0.6) is 0 Å². The summed E-state index contributed by atoms with van der Waals surface area (Å²) in [5.41, 5.74) is 3.95. The molecule has 0 saturated heterocycles. The van der Waals surface area contributed by atoms with Crippen molar-refractivity contribution in [2.75, 3.05) is 0 Å². The second kappa shape index (κ2) is 11.7. The minimum Gasteiger partial charge on any atom is -0.481 e. The van der Waals surface area contributed by atoms with Crippen molar-refractivity contribution in [3.63, 3.8) is 0 Å². The number of nitrogens with zero attached hydrogens (tertiary/aromatic N) is 1. The zero-order valence-electron chi connectivity index (χ0n) is 19.2. The third kappa shape index (κ3) is 6.61. The SMILES string of the molecule is CC(CCC(=O)c1c(CCCCCCc2cccc(Cl)c2)n(C)c2ccc(Cl)cc12)C(=O)O. The largest absolute Gasteiger partial charge is 0.481 e. The number of ketones is 1. The third-order valence-corrected chi connectivity index (χ3v) is 6.78. The van der Waals surface area contributed by atoms with Crippen LogP contribution in [0.3, 0.4) is 0 Å². The van der Waals surface area contributed by atoms with Gasteiger partial charge >= 0.3 is 5.97 Å². The molecule has 0 aliphatic rings. The predicted octanol–water partition coefficient (Wildman–Crippen LogP) is 7.51. The Morgan fingerprint density at radius 3 is 2.36 bits per heavy atom. The summed E-state index contributed by atoms with van der Waals surface area (Å²) in [5, 5.41) is 11.4. The number of unbranched alkanes of at least 4 members (excludes halogenated alkanes) is 3. The van der Waals surface area contributed by atoms with Crippen molar-refractivity contribution in [2.45, 2.75) is 58.3 Å². The third-order valence-electron chi connectivity index (χ3n) is 6.31. The van der Waals surface area contributed by atoms with Gasteiger partial charge in [-0.3, -0.25) is 9.59 Å². The number of aryl methyl sites for hydroxylation is 2. The number of rotatable bonds is 12. The van der Waals surface area contributed by atoms with Crippen LogP contribution < -0.4 is 0 Å². The Morgan fingerprint density at radius 1 is 0.970 bits per heavy atom. The van der Waals surface area contributed by atoms with E-state index in [0.29, 0.717) is 17.0 Å². The molecule has 0 spiro atoms. The lowest BCUT2D eigenvalue weighted by atomic mass is 9.96. The molecular formula is C27H31Cl2NO3. The van der Waals surface area contributed by atoms with E-state index >= 15 is 0 Å². The summed E-state index contributed by atoms with van der Waals surface area (Å²) in [7, 11) is 1.99. The maximum Gasteiger partial charge on any atom is 0.306 e. The van der Waals surface area contributed by atoms with Gasteiger partial charge in [0.2, 0.25) is 0 Å². The number of carboxylic acid groups (broad SMARTS) is 1. The molecule has 0 amide bonds. The highest BCUT2D eigenvalue weighted by Crippen LogP contribution is 2.31. The van der Waals surface area contributed by atoms with Crippen LogP contribution in [-0.2, 0) is 24.7 Å². The van der Waals surface area contributed by atoms with Crippen LogP contribution in [0.1, 0.15) is 67.1 Å². The molecule has 0 aliphatic carbocycles. The number of aromatic nitrogens is 1. The van der Waals surface area contributed by atoms with Gasteiger partial charge in [0, 0.05) is 45.7 Å². The number of hydrogen-bond donors (Lipinski definition) is 1. The Kier molecular flexibility index (Phi) is 8.99. The summed E-state index contributed by atoms with van der Waals surface area (Å²) < 4.78 is 2.09. The van der Waals surface area contributed by atoms with Gasteiger partial charge in [-0.1, -0.05) is 55.1 Å². The Hall–Kier alpha value is -2.30. The summed E-state index contributed by atoms with van der Waals surface area (Å²) in [5.74, 6) is -1.43. The number of halogens is 2. The fraction of sp³-hybridized carbons (Fsp3) is 0.407. The van der Waals surface area contributed by atoms with E-state index in [1.807, 2.05) is 43.4 Å². The smallest absolute Gasteiger partial charge is 0.306 e. The first kappa shape index (κ1) is 25.3. The molecule has 2 aromatic carbocycles. The monoisotopic (exact) mass is 487 g/mol. The second-order valence-corrected chi connectivity index (χ2v) is 9.66. The fourth-order valence-corrected chi connectivity index (χ4v) is 4.72. The number of hydrogen-bond acceptors (Lipinski definition) is 2. The fourth-order valence-electron chi connectivity index (χ4n) is 4.34. The van der Waals surface area contributed by atoms with Gasteiger partial charge in [0.1, 0.15) is 0 Å². The number of benzene rings is 2. The zero-order chi connectivity index (χ0) is 24.0. The molecule has 0 bridgehead atoms. The summed E-state index contributed by atoms with van der Waals surface area (Å²) >= 11 is 12.3. The van der Waals surface area contributed by atoms with Crippen LogP contribution in [0, 0.1) is 5.92 Å². The van der Waals surface area contributed by atoms with Gasteiger partial charge in [0.15, 0.2) is 5.78 Å². The van der Waals surface area contributed by atoms with E-state index in [9.17, 15) is 9.59 Å². The van der Waals surface area contributed by atoms with Gasteiger partial charge in [-0.2, -0.15) is 0 Å². The number of carbonyl (C=O) groups is 2. The second-order valence-electron chi connectivity index (χ2n) is 8.79. The lowest BCUT2D eigenvalue weighted by Gasteiger charge is -2.09. The average molecular weight is 488 g/mol. The molecule has 0 fully saturated rings. The standard InChI is InChI=1S/C27H31Cl2NO3/c1-18(27(32)33)12-15-25(31)26-22-17-21(29)13-14-23(22)30(2)24(26)11-6-4-3-5-8-19-9-7-10-20(28)16-19/h7,9-10,13-14,16-18H,3-6,8,11-12,15H2,1-2H3,(H,32,33). The zero-order valence-corrected chi connectivity index (χ0v) is 20.8. The van der Waals surface area contributed by atoms with E-state index in [-0.39, 0.29) is 12.2 Å². The van der Waals surface area contributed by atoms with Crippen LogP contribution >= 0.6 is 23.2 Å². The molecule has 3 rings (SSSR count). The number of Topliss-reactive ketones (excluding diaryl/α,β-unsaturated/α-hetero) is 1. The van der Waals surface area contributed by atoms with E-state index in [2.05, 4.69) is 10.6 Å². The number of fused-ring (bicyclic) bond motifs is 1. The highest BCUT2D eigenvalue weighted by atomic mass is 35.5. The molecule has 0 aliphatic heterocycles. The molecule has 1 unspecified atom stereocenters. The quantitative estimate of drug-likeness (QED) is 0.212. The molecule has 1 atom stereocenters. The Bertz CT molecular complexity index is 1140. The van der Waals surface area contributed by atoms with Crippen molar-refractivity contribution in [2.24, 2.45) is 13.0 Å². The molecule has 176 valence electrons. The molecular weight excluding hydrogens is 457 g/mol. The lowest BCUT2D eigenvalue weighted by molar-refractivity contribution is -0.141. The Balaban J connectivity index is 1.66. The molecule has 1 N–H and O–H groups in total. The molecule has 33 heavy (non-hydrogen) atoms. The highest BCUT2D eigenvalue weighted by Gasteiger charge is 2.22. The molecule has 4 nitrogen and oxygen atoms in total. The van der Waals surface area contributed by atoms with Crippen LogP contribution in [0.15, 0.2) is 42.5 Å². The van der Waals surface area contributed by atoms with Crippen LogP contribution in [0.2, 0.25) is 10.0 Å². The number of carboxylic acids is 1. The lowest BCUT2D eigenvalue weighted by Crippen LogP contribution is -2.12. The maximum atomic E-state index is 13.2. The molecule has 0 radical (unpaired) electrons. The Morgan fingerprint density at radius 2 is 1.67 bits per heavy atom. The van der Waals surface area contributed by atoms with E-state index in [1.165, 1.54) is 5.56 Å². The molecule has 3 aromatic rings. The van der Waals surface area contributed by atoms with E-state index in [0.717, 1.165) is 60.1 Å². The average Bonchev–Trinajstić information content (AvgIpc) is 3.05. The van der Waals surface area contributed by atoms with Crippen LogP contribution in [0.25, 0.3) is 10.9 Å². The topological polar surface area (TPSA) is 59.3 Å². The summed E-state index contributed by atoms with van der Waals surface area (Å²) in [6.07, 6.45) is 6.63. The minimum absolute atomic E-state index is 0.00748. The van der Waals surface area contributed by atoms with Crippen LogP contribution in [-0.4, -0.2) is 21.4 Å². The Labute approximate surface area is 205 Å². The molecule has 6 heteroatoms. The molecule has 1 heterocycles. The maximum absolute atomic E-state index is 13.2. The van der Waals surface area contributed by atoms with Crippen molar-refractivity contribution >= 4 is 45.9 Å². The van der Waals surface area contributed by atoms with Crippen molar-refractivity contribution in [3.8, 4) is 0 Å². The normalized spacial score (nSPS) is 12.2. The molecule has 1 aromatic heterocycles. The number of carbonyl (C=O) groups excluding carboxylic acids is 1. The van der Waals surface area contributed by atoms with E-state index in [1.54, 1.807) is 6.92 Å². The summed E-state index contributed by atoms with van der Waals surface area (Å²) in [6, 6.07) is 13.6. The summed E-state index contributed by atoms with van der Waals surface area (Å²) in [4.78, 5) is 24.4. The van der Waals surface area contributed by atoms with Crippen molar-refractivity contribution in [3.05, 3.63) is 69.3 Å².